The maximum Gasteiger partial charge on any atom is 0.218 e. The number of aryl methyl sites for hydroxylation is 1. The van der Waals surface area contributed by atoms with Crippen molar-refractivity contribution in [1.82, 2.24) is 10.2 Å². The lowest BCUT2D eigenvalue weighted by Gasteiger charge is -2.01. The Balaban J connectivity index is 1.90. The molecule has 2 aromatic rings. The van der Waals surface area contributed by atoms with Crippen LogP contribution in [-0.2, 0) is 4.79 Å². The van der Waals surface area contributed by atoms with Gasteiger partial charge in [0.15, 0.2) is 4.34 Å². The number of anilines is 2. The normalized spacial score (nSPS) is 10.4. The predicted octanol–water partition coefficient (Wildman–Crippen LogP) is 2.56. The highest BCUT2D eigenvalue weighted by atomic mass is 32.2. The topological polar surface area (TPSA) is 80.9 Å². The lowest BCUT2D eigenvalue weighted by Crippen LogP contribution is -2.10. The second-order valence-corrected chi connectivity index (χ2v) is 6.25. The van der Waals surface area contributed by atoms with Crippen LogP contribution in [0, 0.1) is 6.92 Å². The molecule has 0 spiro atoms. The van der Waals surface area contributed by atoms with E-state index in [9.17, 15) is 4.79 Å². The van der Waals surface area contributed by atoms with Crippen molar-refractivity contribution in [3.05, 3.63) is 29.8 Å². The molecule has 0 aliphatic carbocycles. The smallest absolute Gasteiger partial charge is 0.218 e. The predicted molar refractivity (Wildman–Crippen MR) is 78.9 cm³/mol. The third kappa shape index (κ3) is 4.53. The Bertz CT molecular complexity index is 553. The molecule has 0 saturated heterocycles. The molecule has 100 valence electrons. The fourth-order valence-electron chi connectivity index (χ4n) is 1.32. The minimum absolute atomic E-state index is 0.296. The molecular formula is C12H14N4OS2. The molecule has 3 N–H and O–H groups in total. The van der Waals surface area contributed by atoms with Gasteiger partial charge in [-0.25, -0.2) is 0 Å². The second-order valence-electron chi connectivity index (χ2n) is 3.93. The lowest BCUT2D eigenvalue weighted by atomic mass is 10.2. The molecule has 0 fully saturated rings. The number of aromatic nitrogens is 2. The van der Waals surface area contributed by atoms with Crippen molar-refractivity contribution in [2.45, 2.75) is 17.7 Å². The first kappa shape index (κ1) is 13.8. The van der Waals surface area contributed by atoms with Gasteiger partial charge in [0.1, 0.15) is 0 Å². The van der Waals surface area contributed by atoms with E-state index in [1.165, 1.54) is 28.7 Å². The molecule has 1 heterocycles. The first-order valence-corrected chi connectivity index (χ1v) is 7.52. The van der Waals surface area contributed by atoms with E-state index in [-0.39, 0.29) is 5.91 Å². The number of thioether (sulfide) groups is 1. The van der Waals surface area contributed by atoms with E-state index < -0.39 is 0 Å². The lowest BCUT2D eigenvalue weighted by molar-refractivity contribution is -0.117. The molecule has 0 radical (unpaired) electrons. The maximum atomic E-state index is 10.6. The van der Waals surface area contributed by atoms with E-state index in [2.05, 4.69) is 15.5 Å². The van der Waals surface area contributed by atoms with Crippen LogP contribution in [0.5, 0.6) is 0 Å². The van der Waals surface area contributed by atoms with E-state index in [0.29, 0.717) is 12.2 Å². The highest BCUT2D eigenvalue weighted by Gasteiger charge is 2.05. The Kier molecular flexibility index (Phi) is 4.75. The van der Waals surface area contributed by atoms with Crippen LogP contribution in [0.1, 0.15) is 12.0 Å². The number of nitrogens with zero attached hydrogens (tertiary/aromatic N) is 2. The Labute approximate surface area is 119 Å². The maximum absolute atomic E-state index is 10.6. The molecule has 7 heteroatoms. The zero-order valence-electron chi connectivity index (χ0n) is 10.4. The number of amides is 1. The number of benzene rings is 1. The fraction of sp³-hybridized carbons (Fsp3) is 0.250. The summed E-state index contributed by atoms with van der Waals surface area (Å²) in [6.07, 6.45) is 0.352. The summed E-state index contributed by atoms with van der Waals surface area (Å²) in [5.41, 5.74) is 7.27. The number of hydrogen-bond acceptors (Lipinski definition) is 6. The van der Waals surface area contributed by atoms with Gasteiger partial charge in [-0.1, -0.05) is 40.8 Å². The molecule has 0 atom stereocenters. The Morgan fingerprint density at radius 3 is 2.79 bits per heavy atom. The van der Waals surface area contributed by atoms with Crippen molar-refractivity contribution < 1.29 is 4.79 Å². The zero-order valence-corrected chi connectivity index (χ0v) is 12.1. The van der Waals surface area contributed by atoms with Crippen LogP contribution in [0.2, 0.25) is 0 Å². The van der Waals surface area contributed by atoms with Gasteiger partial charge in [0, 0.05) is 17.9 Å². The van der Waals surface area contributed by atoms with Crippen molar-refractivity contribution in [3.8, 4) is 0 Å². The van der Waals surface area contributed by atoms with Crippen LogP contribution in [0.15, 0.2) is 28.6 Å². The molecule has 19 heavy (non-hydrogen) atoms. The third-order valence-electron chi connectivity index (χ3n) is 2.28. The van der Waals surface area contributed by atoms with E-state index in [0.717, 1.165) is 15.2 Å². The molecule has 1 aromatic heterocycles. The monoisotopic (exact) mass is 294 g/mol. The Morgan fingerprint density at radius 2 is 2.11 bits per heavy atom. The highest BCUT2D eigenvalue weighted by Crippen LogP contribution is 2.27. The minimum atomic E-state index is -0.296. The SMILES string of the molecule is Cc1ccc(Nc2nnc(SCCC(N)=O)s2)cc1. The molecule has 1 amide bonds. The summed E-state index contributed by atoms with van der Waals surface area (Å²) in [7, 11) is 0. The summed E-state index contributed by atoms with van der Waals surface area (Å²) in [5, 5.41) is 12.0. The summed E-state index contributed by atoms with van der Waals surface area (Å²) < 4.78 is 0.830. The van der Waals surface area contributed by atoms with Gasteiger partial charge < -0.3 is 11.1 Å². The molecular weight excluding hydrogens is 280 g/mol. The number of primary amides is 1. The zero-order chi connectivity index (χ0) is 13.7. The van der Waals surface area contributed by atoms with Gasteiger partial charge in [0.2, 0.25) is 11.0 Å². The van der Waals surface area contributed by atoms with Gasteiger partial charge in [-0.05, 0) is 19.1 Å². The largest absolute Gasteiger partial charge is 0.370 e. The molecule has 0 saturated carbocycles. The van der Waals surface area contributed by atoms with Gasteiger partial charge in [-0.15, -0.1) is 10.2 Å². The van der Waals surface area contributed by atoms with Gasteiger partial charge in [0.25, 0.3) is 0 Å². The quantitative estimate of drug-likeness (QED) is 0.800. The molecule has 1 aromatic carbocycles. The van der Waals surface area contributed by atoms with Crippen LogP contribution < -0.4 is 11.1 Å². The van der Waals surface area contributed by atoms with E-state index in [1.54, 1.807) is 0 Å². The molecule has 2 rings (SSSR count). The summed E-state index contributed by atoms with van der Waals surface area (Å²) in [6.45, 7) is 2.04. The van der Waals surface area contributed by atoms with Gasteiger partial charge in [0.05, 0.1) is 0 Å². The van der Waals surface area contributed by atoms with Crippen LogP contribution in [0.25, 0.3) is 0 Å². The number of nitrogens with two attached hydrogens (primary N) is 1. The standard InChI is InChI=1S/C12H14N4OS2/c1-8-2-4-9(5-3-8)14-11-15-16-12(19-11)18-7-6-10(13)17/h2-5H,6-7H2,1H3,(H2,13,17)(H,14,15). The van der Waals surface area contributed by atoms with Crippen molar-refractivity contribution in [2.24, 2.45) is 5.73 Å². The van der Waals surface area contributed by atoms with E-state index >= 15 is 0 Å². The summed E-state index contributed by atoms with van der Waals surface area (Å²) in [5.74, 6) is 0.337. The van der Waals surface area contributed by atoms with Crippen LogP contribution >= 0.6 is 23.1 Å². The molecule has 5 nitrogen and oxygen atoms in total. The Morgan fingerprint density at radius 1 is 1.37 bits per heavy atom. The van der Waals surface area contributed by atoms with Gasteiger partial charge in [-0.3, -0.25) is 4.79 Å². The van der Waals surface area contributed by atoms with Crippen molar-refractivity contribution >= 4 is 39.8 Å². The summed E-state index contributed by atoms with van der Waals surface area (Å²) in [6, 6.07) is 8.06. The molecule has 0 bridgehead atoms. The molecule has 0 unspecified atom stereocenters. The average molecular weight is 294 g/mol. The third-order valence-corrected chi connectivity index (χ3v) is 4.26. The number of carbonyl (C=O) groups excluding carboxylic acids is 1. The highest BCUT2D eigenvalue weighted by molar-refractivity contribution is 8.01. The second kappa shape index (κ2) is 6.53. The van der Waals surface area contributed by atoms with Crippen molar-refractivity contribution in [2.75, 3.05) is 11.1 Å². The van der Waals surface area contributed by atoms with E-state index in [4.69, 9.17) is 5.73 Å². The Hall–Kier alpha value is -1.60. The summed E-state index contributed by atoms with van der Waals surface area (Å²) in [4.78, 5) is 10.6. The van der Waals surface area contributed by atoms with Gasteiger partial charge >= 0.3 is 0 Å². The van der Waals surface area contributed by atoms with Crippen molar-refractivity contribution in [3.63, 3.8) is 0 Å². The summed E-state index contributed by atoms with van der Waals surface area (Å²) >= 11 is 2.95. The van der Waals surface area contributed by atoms with Crippen molar-refractivity contribution in [1.29, 1.82) is 0 Å². The fourth-order valence-corrected chi connectivity index (χ4v) is 3.11. The number of hydrogen-bond donors (Lipinski definition) is 2. The van der Waals surface area contributed by atoms with E-state index in [1.807, 2.05) is 31.2 Å². The first-order valence-electron chi connectivity index (χ1n) is 5.72. The number of carbonyl (C=O) groups is 1. The van der Waals surface area contributed by atoms with Crippen LogP contribution in [-0.4, -0.2) is 21.9 Å². The van der Waals surface area contributed by atoms with Gasteiger partial charge in [-0.2, -0.15) is 0 Å². The van der Waals surface area contributed by atoms with Crippen LogP contribution in [0.4, 0.5) is 10.8 Å². The average Bonchev–Trinajstić information content (AvgIpc) is 2.79. The first-order chi connectivity index (χ1) is 9.13. The minimum Gasteiger partial charge on any atom is -0.370 e. The molecule has 0 aliphatic rings. The number of nitrogens with one attached hydrogen (secondary N) is 1. The van der Waals surface area contributed by atoms with Crippen LogP contribution in [0.3, 0.4) is 0 Å². The molecule has 0 aliphatic heterocycles. The number of rotatable bonds is 6.